The second kappa shape index (κ2) is 2.83. The number of aryl methyl sites for hydroxylation is 1. The molecule has 3 heteroatoms. The third kappa shape index (κ3) is 1.53. The van der Waals surface area contributed by atoms with E-state index in [1.54, 1.807) is 0 Å². The number of nitrogens with zero attached hydrogens (tertiary/aromatic N) is 1. The van der Waals surface area contributed by atoms with Crippen LogP contribution in [-0.4, -0.2) is 15.9 Å². The Hall–Kier alpha value is -1.35. The maximum atomic E-state index is 9.81. The molecule has 3 nitrogen and oxygen atoms in total. The molecule has 1 aromatic carbocycles. The van der Waals surface area contributed by atoms with Gasteiger partial charge in [-0.1, -0.05) is 11.2 Å². The van der Waals surface area contributed by atoms with Gasteiger partial charge in [-0.15, -0.1) is 0 Å². The van der Waals surface area contributed by atoms with Crippen LogP contribution in [0.15, 0.2) is 22.7 Å². The third-order valence-electron chi connectivity index (χ3n) is 3.08. The number of fused-ring (bicyclic) bond motifs is 1. The summed E-state index contributed by atoms with van der Waals surface area (Å²) in [6, 6.07) is 6.04. The number of aromatic nitrogens is 1. The van der Waals surface area contributed by atoms with E-state index in [4.69, 9.17) is 4.52 Å². The first-order valence-corrected chi connectivity index (χ1v) is 5.24. The molecule has 78 valence electrons. The topological polar surface area (TPSA) is 46.3 Å². The van der Waals surface area contributed by atoms with Crippen molar-refractivity contribution in [1.29, 1.82) is 0 Å². The van der Waals surface area contributed by atoms with Crippen molar-refractivity contribution in [2.24, 2.45) is 0 Å². The molecule has 3 rings (SSSR count). The summed E-state index contributed by atoms with van der Waals surface area (Å²) in [6.45, 7) is 1.93. The summed E-state index contributed by atoms with van der Waals surface area (Å²) in [5, 5.41) is 14.8. The van der Waals surface area contributed by atoms with Crippen molar-refractivity contribution >= 4 is 11.0 Å². The molecule has 0 amide bonds. The lowest BCUT2D eigenvalue weighted by Gasteiger charge is -2.06. The highest BCUT2D eigenvalue weighted by atomic mass is 16.5. The molecule has 1 heterocycles. The van der Waals surface area contributed by atoms with Gasteiger partial charge >= 0.3 is 0 Å². The lowest BCUT2D eigenvalue weighted by molar-refractivity contribution is 0.151. The molecule has 0 saturated heterocycles. The number of aliphatic hydroxyl groups is 1. The molecule has 0 atom stereocenters. The highest BCUT2D eigenvalue weighted by Crippen LogP contribution is 2.38. The Kier molecular flexibility index (Phi) is 1.68. The average Bonchev–Trinajstić information content (AvgIpc) is 2.81. The fourth-order valence-corrected chi connectivity index (χ4v) is 1.92. The van der Waals surface area contributed by atoms with Crippen LogP contribution in [0.5, 0.6) is 0 Å². The van der Waals surface area contributed by atoms with Crippen LogP contribution in [0, 0.1) is 6.92 Å². The van der Waals surface area contributed by atoms with Crippen LogP contribution in [0.1, 0.15) is 24.1 Å². The Balaban J connectivity index is 1.99. The van der Waals surface area contributed by atoms with Gasteiger partial charge in [0.2, 0.25) is 0 Å². The van der Waals surface area contributed by atoms with Crippen LogP contribution in [0.25, 0.3) is 11.0 Å². The van der Waals surface area contributed by atoms with E-state index in [-0.39, 0.29) is 0 Å². The van der Waals surface area contributed by atoms with Gasteiger partial charge in [0.1, 0.15) is 0 Å². The van der Waals surface area contributed by atoms with Crippen molar-refractivity contribution in [2.45, 2.75) is 31.8 Å². The van der Waals surface area contributed by atoms with Crippen LogP contribution in [0.4, 0.5) is 0 Å². The zero-order valence-electron chi connectivity index (χ0n) is 8.66. The van der Waals surface area contributed by atoms with Gasteiger partial charge < -0.3 is 9.63 Å². The maximum absolute atomic E-state index is 9.81. The van der Waals surface area contributed by atoms with E-state index in [1.807, 2.05) is 25.1 Å². The molecule has 0 radical (unpaired) electrons. The second-order valence-electron chi connectivity index (χ2n) is 4.50. The molecule has 1 aliphatic rings. The first kappa shape index (κ1) is 8.92. The lowest BCUT2D eigenvalue weighted by Crippen LogP contribution is -2.10. The molecular formula is C12H13NO2. The quantitative estimate of drug-likeness (QED) is 0.813. The average molecular weight is 203 g/mol. The van der Waals surface area contributed by atoms with Crippen LogP contribution < -0.4 is 0 Å². The monoisotopic (exact) mass is 203 g/mol. The first-order chi connectivity index (χ1) is 7.16. The van der Waals surface area contributed by atoms with Gasteiger partial charge in [0.05, 0.1) is 11.3 Å². The van der Waals surface area contributed by atoms with E-state index in [9.17, 15) is 5.11 Å². The van der Waals surface area contributed by atoms with E-state index >= 15 is 0 Å². The predicted octanol–water partition coefficient (Wildman–Crippen LogP) is 2.20. The van der Waals surface area contributed by atoms with Crippen molar-refractivity contribution in [2.75, 3.05) is 0 Å². The summed E-state index contributed by atoms with van der Waals surface area (Å²) < 4.78 is 5.19. The second-order valence-corrected chi connectivity index (χ2v) is 4.50. The molecule has 15 heavy (non-hydrogen) atoms. The molecule has 0 unspecified atom stereocenters. The van der Waals surface area contributed by atoms with E-state index in [0.717, 1.165) is 41.5 Å². The Morgan fingerprint density at radius 3 is 3.00 bits per heavy atom. The van der Waals surface area contributed by atoms with Gasteiger partial charge in [0.25, 0.3) is 0 Å². The minimum absolute atomic E-state index is 0.442. The van der Waals surface area contributed by atoms with E-state index < -0.39 is 5.60 Å². The summed E-state index contributed by atoms with van der Waals surface area (Å²) in [4.78, 5) is 0. The van der Waals surface area contributed by atoms with Crippen molar-refractivity contribution in [3.8, 4) is 0 Å². The molecule has 1 fully saturated rings. The van der Waals surface area contributed by atoms with E-state index in [0.29, 0.717) is 0 Å². The highest BCUT2D eigenvalue weighted by Gasteiger charge is 2.40. The number of rotatable bonds is 2. The standard InChI is InChI=1S/C12H13NO2/c1-8-10-3-2-9(6-11(10)15-13-8)7-12(14)4-5-12/h2-3,6,14H,4-5,7H2,1H3. The number of benzene rings is 1. The highest BCUT2D eigenvalue weighted by molar-refractivity contribution is 5.79. The minimum atomic E-state index is -0.442. The molecule has 0 bridgehead atoms. The Bertz CT molecular complexity index is 511. The Labute approximate surface area is 87.7 Å². The van der Waals surface area contributed by atoms with Gasteiger partial charge in [0, 0.05) is 11.8 Å². The normalized spacial score (nSPS) is 18.3. The van der Waals surface area contributed by atoms with Crippen molar-refractivity contribution in [1.82, 2.24) is 5.16 Å². The summed E-state index contributed by atoms with van der Waals surface area (Å²) in [6.07, 6.45) is 2.56. The molecule has 1 aromatic heterocycles. The van der Waals surface area contributed by atoms with E-state index in [2.05, 4.69) is 5.16 Å². The van der Waals surface area contributed by atoms with Crippen LogP contribution in [-0.2, 0) is 6.42 Å². The summed E-state index contributed by atoms with van der Waals surface area (Å²) in [5.41, 5.74) is 2.41. The maximum Gasteiger partial charge on any atom is 0.167 e. The smallest absolute Gasteiger partial charge is 0.167 e. The summed E-state index contributed by atoms with van der Waals surface area (Å²) in [7, 11) is 0. The molecular weight excluding hydrogens is 190 g/mol. The van der Waals surface area contributed by atoms with Crippen LogP contribution in [0.3, 0.4) is 0 Å². The predicted molar refractivity (Wildman–Crippen MR) is 56.6 cm³/mol. The number of hydrogen-bond donors (Lipinski definition) is 1. The largest absolute Gasteiger partial charge is 0.390 e. The van der Waals surface area contributed by atoms with Gasteiger partial charge in [-0.2, -0.15) is 0 Å². The Morgan fingerprint density at radius 1 is 1.47 bits per heavy atom. The fourth-order valence-electron chi connectivity index (χ4n) is 1.92. The third-order valence-corrected chi connectivity index (χ3v) is 3.08. The van der Waals surface area contributed by atoms with Crippen LogP contribution in [0.2, 0.25) is 0 Å². The molecule has 0 aliphatic heterocycles. The molecule has 0 spiro atoms. The van der Waals surface area contributed by atoms with Crippen molar-refractivity contribution in [3.05, 3.63) is 29.5 Å². The molecule has 1 N–H and O–H groups in total. The fraction of sp³-hybridized carbons (Fsp3) is 0.417. The van der Waals surface area contributed by atoms with E-state index in [1.165, 1.54) is 0 Å². The van der Waals surface area contributed by atoms with Gasteiger partial charge in [-0.25, -0.2) is 0 Å². The van der Waals surface area contributed by atoms with Crippen molar-refractivity contribution < 1.29 is 9.63 Å². The Morgan fingerprint density at radius 2 is 2.27 bits per heavy atom. The zero-order chi connectivity index (χ0) is 10.5. The lowest BCUT2D eigenvalue weighted by atomic mass is 10.0. The minimum Gasteiger partial charge on any atom is -0.390 e. The first-order valence-electron chi connectivity index (χ1n) is 5.24. The number of hydrogen-bond acceptors (Lipinski definition) is 3. The summed E-state index contributed by atoms with van der Waals surface area (Å²) >= 11 is 0. The van der Waals surface area contributed by atoms with Gasteiger partial charge in [-0.05, 0) is 37.5 Å². The van der Waals surface area contributed by atoms with Gasteiger partial charge in [0.15, 0.2) is 5.58 Å². The SMILES string of the molecule is Cc1noc2cc(CC3(O)CC3)ccc12. The summed E-state index contributed by atoms with van der Waals surface area (Å²) in [5.74, 6) is 0. The van der Waals surface area contributed by atoms with Crippen molar-refractivity contribution in [3.63, 3.8) is 0 Å². The molecule has 1 aliphatic carbocycles. The van der Waals surface area contributed by atoms with Crippen LogP contribution >= 0.6 is 0 Å². The molecule has 1 saturated carbocycles. The molecule has 2 aromatic rings. The van der Waals surface area contributed by atoms with Gasteiger partial charge in [-0.3, -0.25) is 0 Å². The zero-order valence-corrected chi connectivity index (χ0v) is 8.66.